The second-order valence-electron chi connectivity index (χ2n) is 7.54. The molecule has 0 heterocycles. The van der Waals surface area contributed by atoms with Gasteiger partial charge in [0.25, 0.3) is 0 Å². The zero-order chi connectivity index (χ0) is 20.9. The molecule has 0 atom stereocenters. The van der Waals surface area contributed by atoms with E-state index in [9.17, 15) is 9.59 Å². The standard InChI is InChI=1S/C24H32N2O3/c1-26(2)18-20-14-16-22(17-15-20)25-23(27)12-8-3-4-9-13-24(28)29-19-21-10-6-5-7-11-21/h5-7,10-11,14-17H,3-4,8-9,12-13,18-19H2,1-2H3,(H,25,27). The highest BCUT2D eigenvalue weighted by Crippen LogP contribution is 2.13. The molecule has 29 heavy (non-hydrogen) atoms. The van der Waals surface area contributed by atoms with Crippen LogP contribution in [0.25, 0.3) is 0 Å². The van der Waals surface area contributed by atoms with Crippen LogP contribution < -0.4 is 5.32 Å². The molecule has 0 aromatic heterocycles. The van der Waals surface area contributed by atoms with Crippen LogP contribution in [0.3, 0.4) is 0 Å². The van der Waals surface area contributed by atoms with Gasteiger partial charge in [0.2, 0.25) is 5.91 Å². The van der Waals surface area contributed by atoms with E-state index in [1.165, 1.54) is 5.56 Å². The summed E-state index contributed by atoms with van der Waals surface area (Å²) in [4.78, 5) is 25.9. The van der Waals surface area contributed by atoms with Gasteiger partial charge in [0.15, 0.2) is 0 Å². The molecular weight excluding hydrogens is 364 g/mol. The lowest BCUT2D eigenvalue weighted by Gasteiger charge is -2.10. The minimum atomic E-state index is -0.163. The highest BCUT2D eigenvalue weighted by molar-refractivity contribution is 5.90. The van der Waals surface area contributed by atoms with Gasteiger partial charge in [-0.2, -0.15) is 0 Å². The van der Waals surface area contributed by atoms with Gasteiger partial charge in [0.05, 0.1) is 0 Å². The third kappa shape index (κ3) is 9.90. The van der Waals surface area contributed by atoms with E-state index < -0.39 is 0 Å². The number of rotatable bonds is 12. The van der Waals surface area contributed by atoms with Crippen molar-refractivity contribution in [1.82, 2.24) is 4.90 Å². The third-order valence-corrected chi connectivity index (χ3v) is 4.51. The van der Waals surface area contributed by atoms with Crippen molar-refractivity contribution in [3.8, 4) is 0 Å². The lowest BCUT2D eigenvalue weighted by molar-refractivity contribution is -0.145. The molecule has 1 N–H and O–H groups in total. The van der Waals surface area contributed by atoms with E-state index in [0.717, 1.165) is 43.5 Å². The first-order valence-electron chi connectivity index (χ1n) is 10.3. The molecule has 2 aromatic carbocycles. The number of unbranched alkanes of at least 4 members (excludes halogenated alkanes) is 3. The summed E-state index contributed by atoms with van der Waals surface area (Å²) >= 11 is 0. The summed E-state index contributed by atoms with van der Waals surface area (Å²) in [5.41, 5.74) is 3.05. The van der Waals surface area contributed by atoms with Gasteiger partial charge < -0.3 is 15.0 Å². The average Bonchev–Trinajstić information content (AvgIpc) is 2.71. The zero-order valence-corrected chi connectivity index (χ0v) is 17.5. The predicted molar refractivity (Wildman–Crippen MR) is 116 cm³/mol. The summed E-state index contributed by atoms with van der Waals surface area (Å²) in [5, 5.41) is 2.94. The highest BCUT2D eigenvalue weighted by Gasteiger charge is 2.05. The number of esters is 1. The van der Waals surface area contributed by atoms with Gasteiger partial charge in [-0.25, -0.2) is 0 Å². The Morgan fingerprint density at radius 3 is 2.14 bits per heavy atom. The molecule has 0 aliphatic rings. The first-order chi connectivity index (χ1) is 14.0. The molecule has 156 valence electrons. The lowest BCUT2D eigenvalue weighted by Crippen LogP contribution is -2.12. The predicted octanol–water partition coefficient (Wildman–Crippen LogP) is 4.77. The van der Waals surface area contributed by atoms with Crippen LogP contribution in [0.15, 0.2) is 54.6 Å². The van der Waals surface area contributed by atoms with Gasteiger partial charge in [0, 0.05) is 25.1 Å². The molecule has 0 fully saturated rings. The maximum Gasteiger partial charge on any atom is 0.306 e. The Hall–Kier alpha value is -2.66. The molecule has 2 rings (SSSR count). The summed E-state index contributed by atoms with van der Waals surface area (Å²) in [5.74, 6) is -0.128. The fourth-order valence-corrected chi connectivity index (χ4v) is 3.00. The van der Waals surface area contributed by atoms with Crippen LogP contribution in [-0.4, -0.2) is 30.9 Å². The Balaban J connectivity index is 1.51. The largest absolute Gasteiger partial charge is 0.461 e. The minimum absolute atomic E-state index is 0.0348. The van der Waals surface area contributed by atoms with E-state index in [2.05, 4.69) is 10.2 Å². The van der Waals surface area contributed by atoms with Gasteiger partial charge in [-0.1, -0.05) is 55.3 Å². The molecule has 0 aliphatic carbocycles. The molecule has 5 nitrogen and oxygen atoms in total. The van der Waals surface area contributed by atoms with E-state index in [1.807, 2.05) is 68.7 Å². The molecule has 2 aromatic rings. The number of anilines is 1. The molecule has 5 heteroatoms. The lowest BCUT2D eigenvalue weighted by atomic mass is 10.1. The summed E-state index contributed by atoms with van der Waals surface area (Å²) < 4.78 is 5.26. The van der Waals surface area contributed by atoms with Crippen LogP contribution in [0, 0.1) is 0 Å². The Morgan fingerprint density at radius 2 is 1.48 bits per heavy atom. The molecule has 0 saturated heterocycles. The summed E-state index contributed by atoms with van der Waals surface area (Å²) in [6, 6.07) is 17.6. The van der Waals surface area contributed by atoms with E-state index in [-0.39, 0.29) is 11.9 Å². The molecule has 0 saturated carbocycles. The van der Waals surface area contributed by atoms with Crippen molar-refractivity contribution in [3.05, 3.63) is 65.7 Å². The van der Waals surface area contributed by atoms with Crippen LogP contribution in [-0.2, 0) is 27.5 Å². The number of carbonyl (C=O) groups excluding carboxylic acids is 2. The van der Waals surface area contributed by atoms with Crippen LogP contribution >= 0.6 is 0 Å². The maximum atomic E-state index is 12.0. The number of nitrogens with one attached hydrogen (secondary N) is 1. The number of hydrogen-bond donors (Lipinski definition) is 1. The zero-order valence-electron chi connectivity index (χ0n) is 17.5. The SMILES string of the molecule is CN(C)Cc1ccc(NC(=O)CCCCCCC(=O)OCc2ccccc2)cc1. The van der Waals surface area contributed by atoms with Crippen LogP contribution in [0.5, 0.6) is 0 Å². The molecule has 0 radical (unpaired) electrons. The summed E-state index contributed by atoms with van der Waals surface area (Å²) in [6.07, 6.45) is 4.40. The van der Waals surface area contributed by atoms with Crippen molar-refractivity contribution in [1.29, 1.82) is 0 Å². The molecule has 0 spiro atoms. The molecule has 0 bridgehead atoms. The highest BCUT2D eigenvalue weighted by atomic mass is 16.5. The van der Waals surface area contributed by atoms with E-state index in [4.69, 9.17) is 4.74 Å². The Labute approximate surface area is 174 Å². The topological polar surface area (TPSA) is 58.6 Å². The van der Waals surface area contributed by atoms with Crippen molar-refractivity contribution in [2.75, 3.05) is 19.4 Å². The Morgan fingerprint density at radius 1 is 0.828 bits per heavy atom. The minimum Gasteiger partial charge on any atom is -0.461 e. The number of nitrogens with zero attached hydrogens (tertiary/aromatic N) is 1. The molecule has 0 aliphatic heterocycles. The van der Waals surface area contributed by atoms with Crippen LogP contribution in [0.2, 0.25) is 0 Å². The number of ether oxygens (including phenoxy) is 1. The van der Waals surface area contributed by atoms with Gasteiger partial charge in [-0.3, -0.25) is 9.59 Å². The second-order valence-corrected chi connectivity index (χ2v) is 7.54. The normalized spacial score (nSPS) is 10.7. The van der Waals surface area contributed by atoms with Crippen molar-refractivity contribution >= 4 is 17.6 Å². The van der Waals surface area contributed by atoms with Gasteiger partial charge >= 0.3 is 5.97 Å². The number of hydrogen-bond acceptors (Lipinski definition) is 4. The van der Waals surface area contributed by atoms with Gasteiger partial charge in [0.1, 0.15) is 6.61 Å². The van der Waals surface area contributed by atoms with Crippen molar-refractivity contribution in [2.45, 2.75) is 51.7 Å². The monoisotopic (exact) mass is 396 g/mol. The smallest absolute Gasteiger partial charge is 0.306 e. The quantitative estimate of drug-likeness (QED) is 0.415. The number of benzene rings is 2. The Bertz CT molecular complexity index is 742. The fourth-order valence-electron chi connectivity index (χ4n) is 3.00. The van der Waals surface area contributed by atoms with Crippen LogP contribution in [0.4, 0.5) is 5.69 Å². The second kappa shape index (κ2) is 12.7. The average molecular weight is 397 g/mol. The maximum absolute atomic E-state index is 12.0. The number of carbonyl (C=O) groups is 2. The first kappa shape index (κ1) is 22.6. The molecule has 1 amide bonds. The molecular formula is C24H32N2O3. The summed E-state index contributed by atoms with van der Waals surface area (Å²) in [6.45, 7) is 1.21. The number of amides is 1. The van der Waals surface area contributed by atoms with E-state index in [1.54, 1.807) is 0 Å². The van der Waals surface area contributed by atoms with Gasteiger partial charge in [-0.05, 0) is 50.2 Å². The first-order valence-corrected chi connectivity index (χ1v) is 10.3. The van der Waals surface area contributed by atoms with Crippen LogP contribution in [0.1, 0.15) is 49.7 Å². The third-order valence-electron chi connectivity index (χ3n) is 4.51. The fraction of sp³-hybridized carbons (Fsp3) is 0.417. The van der Waals surface area contributed by atoms with E-state index in [0.29, 0.717) is 19.4 Å². The van der Waals surface area contributed by atoms with Gasteiger partial charge in [-0.15, -0.1) is 0 Å². The molecule has 0 unspecified atom stereocenters. The van der Waals surface area contributed by atoms with Crippen molar-refractivity contribution in [2.24, 2.45) is 0 Å². The van der Waals surface area contributed by atoms with Crippen molar-refractivity contribution in [3.63, 3.8) is 0 Å². The Kier molecular flexibility index (Phi) is 9.93. The van der Waals surface area contributed by atoms with E-state index >= 15 is 0 Å². The van der Waals surface area contributed by atoms with Crippen molar-refractivity contribution < 1.29 is 14.3 Å². The summed E-state index contributed by atoms with van der Waals surface area (Å²) in [7, 11) is 4.06.